The summed E-state index contributed by atoms with van der Waals surface area (Å²) < 4.78 is 0. The first-order valence-electron chi connectivity index (χ1n) is 6.35. The van der Waals surface area contributed by atoms with Crippen LogP contribution in [0.25, 0.3) is 5.57 Å². The normalized spacial score (nSPS) is 19.5. The highest BCUT2D eigenvalue weighted by Gasteiger charge is 2.28. The van der Waals surface area contributed by atoms with Crippen molar-refractivity contribution in [1.82, 2.24) is 0 Å². The lowest BCUT2D eigenvalue weighted by molar-refractivity contribution is 0.567. The van der Waals surface area contributed by atoms with E-state index in [9.17, 15) is 0 Å². The van der Waals surface area contributed by atoms with Gasteiger partial charge in [0.1, 0.15) is 0 Å². The van der Waals surface area contributed by atoms with Crippen LogP contribution in [0.4, 0.5) is 0 Å². The van der Waals surface area contributed by atoms with Gasteiger partial charge in [0, 0.05) is 5.92 Å². The number of rotatable bonds is 2. The van der Waals surface area contributed by atoms with E-state index in [1.807, 2.05) is 0 Å². The van der Waals surface area contributed by atoms with E-state index in [-0.39, 0.29) is 5.41 Å². The predicted molar refractivity (Wildman–Crippen MR) is 71.5 cm³/mol. The number of fused-ring (bicyclic) bond motifs is 1. The summed E-state index contributed by atoms with van der Waals surface area (Å²) in [6.45, 7) is 9.20. The fraction of sp³-hybridized carbons (Fsp3) is 0.500. The van der Waals surface area contributed by atoms with Gasteiger partial charge in [-0.3, -0.25) is 0 Å². The number of hydrogen-bond acceptors (Lipinski definition) is 0. The highest BCUT2D eigenvalue weighted by Crippen LogP contribution is 2.45. The second-order valence-electron chi connectivity index (χ2n) is 5.81. The zero-order valence-electron chi connectivity index (χ0n) is 10.9. The first-order chi connectivity index (χ1) is 7.54. The fourth-order valence-electron chi connectivity index (χ4n) is 2.65. The Bertz CT molecular complexity index is 404. The Morgan fingerprint density at radius 3 is 2.44 bits per heavy atom. The van der Waals surface area contributed by atoms with Crippen molar-refractivity contribution in [2.75, 3.05) is 0 Å². The van der Waals surface area contributed by atoms with Crippen LogP contribution in [0, 0.1) is 5.41 Å². The van der Waals surface area contributed by atoms with E-state index in [1.54, 1.807) is 0 Å². The van der Waals surface area contributed by atoms with Gasteiger partial charge in [0.15, 0.2) is 0 Å². The molecule has 0 saturated heterocycles. The maximum Gasteiger partial charge on any atom is 0.00301 e. The lowest BCUT2D eigenvalue weighted by Crippen LogP contribution is -2.06. The summed E-state index contributed by atoms with van der Waals surface area (Å²) in [6, 6.07) is 8.90. The SMILES string of the molecule is CCCC1C=C(C(C)(C)C)c2ccccc21. The maximum atomic E-state index is 2.49. The van der Waals surface area contributed by atoms with Crippen LogP contribution >= 0.6 is 0 Å². The molecule has 0 aromatic heterocycles. The van der Waals surface area contributed by atoms with Crippen LogP contribution in [0.2, 0.25) is 0 Å². The van der Waals surface area contributed by atoms with Crippen LogP contribution in [-0.4, -0.2) is 0 Å². The van der Waals surface area contributed by atoms with E-state index in [4.69, 9.17) is 0 Å². The number of benzene rings is 1. The summed E-state index contributed by atoms with van der Waals surface area (Å²) in [5, 5.41) is 0. The Labute approximate surface area is 99.4 Å². The molecular weight excluding hydrogens is 192 g/mol. The average Bonchev–Trinajstić information content (AvgIpc) is 2.58. The Balaban J connectivity index is 2.45. The van der Waals surface area contributed by atoms with Gasteiger partial charge >= 0.3 is 0 Å². The van der Waals surface area contributed by atoms with Crippen molar-refractivity contribution in [3.63, 3.8) is 0 Å². The molecule has 1 aromatic rings. The van der Waals surface area contributed by atoms with Crippen molar-refractivity contribution < 1.29 is 0 Å². The highest BCUT2D eigenvalue weighted by molar-refractivity contribution is 5.77. The Hall–Kier alpha value is -1.04. The van der Waals surface area contributed by atoms with Crippen LogP contribution in [0.1, 0.15) is 57.6 Å². The monoisotopic (exact) mass is 214 g/mol. The van der Waals surface area contributed by atoms with Crippen LogP contribution < -0.4 is 0 Å². The van der Waals surface area contributed by atoms with Gasteiger partial charge in [-0.1, -0.05) is 64.5 Å². The van der Waals surface area contributed by atoms with Crippen LogP contribution in [-0.2, 0) is 0 Å². The molecule has 0 fully saturated rings. The smallest absolute Gasteiger partial charge is 0.00301 e. The molecular formula is C16H22. The summed E-state index contributed by atoms with van der Waals surface area (Å²) in [6.07, 6.45) is 5.03. The summed E-state index contributed by atoms with van der Waals surface area (Å²) in [4.78, 5) is 0. The minimum absolute atomic E-state index is 0.262. The third-order valence-corrected chi connectivity index (χ3v) is 3.43. The first-order valence-corrected chi connectivity index (χ1v) is 6.35. The summed E-state index contributed by atoms with van der Waals surface area (Å²) in [7, 11) is 0. The van der Waals surface area contributed by atoms with Gasteiger partial charge in [0.05, 0.1) is 0 Å². The van der Waals surface area contributed by atoms with Crippen molar-refractivity contribution >= 4 is 5.57 Å². The molecule has 0 N–H and O–H groups in total. The van der Waals surface area contributed by atoms with E-state index in [2.05, 4.69) is 58.0 Å². The van der Waals surface area contributed by atoms with Crippen LogP contribution in [0.3, 0.4) is 0 Å². The fourth-order valence-corrected chi connectivity index (χ4v) is 2.65. The molecule has 0 heteroatoms. The minimum Gasteiger partial charge on any atom is -0.0726 e. The van der Waals surface area contributed by atoms with Gasteiger partial charge in [-0.25, -0.2) is 0 Å². The lowest BCUT2D eigenvalue weighted by atomic mass is 9.83. The third kappa shape index (κ3) is 1.93. The van der Waals surface area contributed by atoms with Crippen molar-refractivity contribution in [3.05, 3.63) is 41.5 Å². The Morgan fingerprint density at radius 2 is 1.81 bits per heavy atom. The van der Waals surface area contributed by atoms with E-state index in [0.717, 1.165) is 0 Å². The summed E-state index contributed by atoms with van der Waals surface area (Å²) in [5.74, 6) is 0.649. The van der Waals surface area contributed by atoms with Crippen LogP contribution in [0.5, 0.6) is 0 Å². The van der Waals surface area contributed by atoms with Crippen molar-refractivity contribution in [3.8, 4) is 0 Å². The number of allylic oxidation sites excluding steroid dienone is 2. The summed E-state index contributed by atoms with van der Waals surface area (Å²) >= 11 is 0. The molecule has 1 aromatic carbocycles. The molecule has 1 unspecified atom stereocenters. The van der Waals surface area contributed by atoms with Gasteiger partial charge in [0.25, 0.3) is 0 Å². The molecule has 1 aliphatic carbocycles. The molecule has 0 saturated carbocycles. The molecule has 2 rings (SSSR count). The maximum absolute atomic E-state index is 2.49. The molecule has 0 radical (unpaired) electrons. The van der Waals surface area contributed by atoms with Gasteiger partial charge in [-0.05, 0) is 28.5 Å². The van der Waals surface area contributed by atoms with E-state index >= 15 is 0 Å². The first kappa shape index (κ1) is 11.4. The zero-order chi connectivity index (χ0) is 11.8. The molecule has 1 aliphatic rings. The molecule has 0 bridgehead atoms. The molecule has 86 valence electrons. The van der Waals surface area contributed by atoms with Gasteiger partial charge in [0.2, 0.25) is 0 Å². The Morgan fingerprint density at radius 1 is 1.12 bits per heavy atom. The lowest BCUT2D eigenvalue weighted by Gasteiger charge is -2.21. The molecule has 0 amide bonds. The van der Waals surface area contributed by atoms with E-state index in [1.165, 1.54) is 29.5 Å². The molecule has 16 heavy (non-hydrogen) atoms. The second-order valence-corrected chi connectivity index (χ2v) is 5.81. The van der Waals surface area contributed by atoms with Crippen molar-refractivity contribution in [2.24, 2.45) is 5.41 Å². The molecule has 0 heterocycles. The largest absolute Gasteiger partial charge is 0.0726 e. The van der Waals surface area contributed by atoms with Crippen molar-refractivity contribution in [2.45, 2.75) is 46.5 Å². The standard InChI is InChI=1S/C16H22/c1-5-8-12-11-15(16(2,3)4)14-10-7-6-9-13(12)14/h6-7,9-12H,5,8H2,1-4H3. The molecule has 0 aliphatic heterocycles. The Kier molecular flexibility index (Phi) is 2.92. The minimum atomic E-state index is 0.262. The summed E-state index contributed by atoms with van der Waals surface area (Å²) in [5.41, 5.74) is 4.81. The predicted octanol–water partition coefficient (Wildman–Crippen LogP) is 5.01. The van der Waals surface area contributed by atoms with E-state index in [0.29, 0.717) is 5.92 Å². The highest BCUT2D eigenvalue weighted by atomic mass is 14.3. The van der Waals surface area contributed by atoms with Gasteiger partial charge in [-0.2, -0.15) is 0 Å². The second kappa shape index (κ2) is 4.08. The van der Waals surface area contributed by atoms with Gasteiger partial charge < -0.3 is 0 Å². The number of hydrogen-bond donors (Lipinski definition) is 0. The topological polar surface area (TPSA) is 0 Å². The van der Waals surface area contributed by atoms with Crippen LogP contribution in [0.15, 0.2) is 30.3 Å². The van der Waals surface area contributed by atoms with Gasteiger partial charge in [-0.15, -0.1) is 0 Å². The zero-order valence-corrected chi connectivity index (χ0v) is 10.9. The molecule has 1 atom stereocenters. The molecule has 0 spiro atoms. The quantitative estimate of drug-likeness (QED) is 0.649. The third-order valence-electron chi connectivity index (χ3n) is 3.43. The van der Waals surface area contributed by atoms with E-state index < -0.39 is 0 Å². The van der Waals surface area contributed by atoms with Crippen molar-refractivity contribution in [1.29, 1.82) is 0 Å². The molecule has 0 nitrogen and oxygen atoms in total. The average molecular weight is 214 g/mol.